The summed E-state index contributed by atoms with van der Waals surface area (Å²) in [5.41, 5.74) is 2.19. The molecule has 1 heterocycles. The van der Waals surface area contributed by atoms with Gasteiger partial charge in [0.15, 0.2) is 29.0 Å². The van der Waals surface area contributed by atoms with Crippen molar-refractivity contribution in [3.05, 3.63) is 53.4 Å². The van der Waals surface area contributed by atoms with Gasteiger partial charge in [-0.2, -0.15) is 0 Å². The minimum absolute atomic E-state index is 0.0633. The first-order chi connectivity index (χ1) is 14.5. The van der Waals surface area contributed by atoms with Crippen molar-refractivity contribution in [2.45, 2.75) is 13.3 Å². The number of benzene rings is 2. The highest BCUT2D eigenvalue weighted by molar-refractivity contribution is 7.14. The van der Waals surface area contributed by atoms with E-state index in [2.05, 4.69) is 10.3 Å². The third-order valence-corrected chi connectivity index (χ3v) is 5.05. The van der Waals surface area contributed by atoms with Gasteiger partial charge in [-0.25, -0.2) is 4.98 Å². The SMILES string of the molecule is CCC(=O)c1ccc(OCC(=O)Nc2nc(-c3ccc(OC)c(OC)c3)cs2)cc1. The minimum atomic E-state index is -0.322. The maximum absolute atomic E-state index is 12.2. The predicted molar refractivity (Wildman–Crippen MR) is 116 cm³/mol. The zero-order valence-corrected chi connectivity index (χ0v) is 17.7. The summed E-state index contributed by atoms with van der Waals surface area (Å²) in [5.74, 6) is 1.50. The van der Waals surface area contributed by atoms with E-state index in [1.54, 1.807) is 44.6 Å². The molecule has 0 bridgehead atoms. The predicted octanol–water partition coefficient (Wildman–Crippen LogP) is 4.44. The Hall–Kier alpha value is -3.39. The number of amides is 1. The number of nitrogens with zero attached hydrogens (tertiary/aromatic N) is 1. The molecule has 3 aromatic rings. The van der Waals surface area contributed by atoms with Gasteiger partial charge in [-0.3, -0.25) is 14.9 Å². The molecule has 1 N–H and O–H groups in total. The first kappa shape index (κ1) is 21.3. The maximum Gasteiger partial charge on any atom is 0.264 e. The van der Waals surface area contributed by atoms with Crippen LogP contribution in [0.3, 0.4) is 0 Å². The van der Waals surface area contributed by atoms with Crippen LogP contribution in [0.2, 0.25) is 0 Å². The van der Waals surface area contributed by atoms with Crippen LogP contribution < -0.4 is 19.5 Å². The number of thiazole rings is 1. The number of carbonyl (C=O) groups excluding carboxylic acids is 2. The molecular formula is C22H22N2O5S. The molecular weight excluding hydrogens is 404 g/mol. The number of aromatic nitrogens is 1. The largest absolute Gasteiger partial charge is 0.493 e. The van der Waals surface area contributed by atoms with Gasteiger partial charge in [-0.1, -0.05) is 6.92 Å². The number of hydrogen-bond donors (Lipinski definition) is 1. The molecule has 7 nitrogen and oxygen atoms in total. The van der Waals surface area contributed by atoms with Gasteiger partial charge in [0.2, 0.25) is 0 Å². The summed E-state index contributed by atoms with van der Waals surface area (Å²) in [6, 6.07) is 12.2. The van der Waals surface area contributed by atoms with Crippen LogP contribution in [0.5, 0.6) is 17.2 Å². The fraction of sp³-hybridized carbons (Fsp3) is 0.227. The van der Waals surface area contributed by atoms with E-state index in [0.717, 1.165) is 5.56 Å². The molecule has 0 atom stereocenters. The number of rotatable bonds is 9. The van der Waals surface area contributed by atoms with Crippen LogP contribution in [0.1, 0.15) is 23.7 Å². The molecule has 0 aliphatic heterocycles. The fourth-order valence-electron chi connectivity index (χ4n) is 2.70. The van der Waals surface area contributed by atoms with E-state index in [-0.39, 0.29) is 18.3 Å². The van der Waals surface area contributed by atoms with E-state index < -0.39 is 0 Å². The van der Waals surface area contributed by atoms with Crippen LogP contribution in [0.4, 0.5) is 5.13 Å². The summed E-state index contributed by atoms with van der Waals surface area (Å²) in [7, 11) is 3.15. The zero-order valence-electron chi connectivity index (χ0n) is 16.9. The Bertz CT molecular complexity index is 1030. The molecule has 0 radical (unpaired) electrons. The number of ether oxygens (including phenoxy) is 3. The molecule has 1 amide bonds. The lowest BCUT2D eigenvalue weighted by molar-refractivity contribution is -0.118. The molecule has 30 heavy (non-hydrogen) atoms. The molecule has 0 fully saturated rings. The smallest absolute Gasteiger partial charge is 0.264 e. The zero-order chi connectivity index (χ0) is 21.5. The van der Waals surface area contributed by atoms with E-state index in [4.69, 9.17) is 14.2 Å². The summed E-state index contributed by atoms with van der Waals surface area (Å²) in [6.45, 7) is 1.65. The third kappa shape index (κ3) is 5.15. The summed E-state index contributed by atoms with van der Waals surface area (Å²) in [4.78, 5) is 28.3. The van der Waals surface area contributed by atoms with Crippen molar-refractivity contribution in [1.29, 1.82) is 0 Å². The Morgan fingerprint density at radius 2 is 1.77 bits per heavy atom. The van der Waals surface area contributed by atoms with Gasteiger partial charge >= 0.3 is 0 Å². The molecule has 0 unspecified atom stereocenters. The maximum atomic E-state index is 12.2. The van der Waals surface area contributed by atoms with Crippen molar-refractivity contribution in [3.63, 3.8) is 0 Å². The molecule has 1 aromatic heterocycles. The highest BCUT2D eigenvalue weighted by Crippen LogP contribution is 2.33. The second-order valence-corrected chi connectivity index (χ2v) is 7.10. The fourth-order valence-corrected chi connectivity index (χ4v) is 3.44. The quantitative estimate of drug-likeness (QED) is 0.509. The highest BCUT2D eigenvalue weighted by Gasteiger charge is 2.12. The second kappa shape index (κ2) is 9.89. The van der Waals surface area contributed by atoms with E-state index in [1.165, 1.54) is 11.3 Å². The minimum Gasteiger partial charge on any atom is -0.493 e. The first-order valence-electron chi connectivity index (χ1n) is 9.28. The van der Waals surface area contributed by atoms with Crippen molar-refractivity contribution in [3.8, 4) is 28.5 Å². The van der Waals surface area contributed by atoms with Crippen molar-refractivity contribution in [1.82, 2.24) is 4.98 Å². The molecule has 0 aliphatic rings. The van der Waals surface area contributed by atoms with Gasteiger partial charge < -0.3 is 14.2 Å². The third-order valence-electron chi connectivity index (χ3n) is 4.30. The van der Waals surface area contributed by atoms with E-state index in [0.29, 0.717) is 40.1 Å². The molecule has 0 aliphatic carbocycles. The van der Waals surface area contributed by atoms with Crippen molar-refractivity contribution < 1.29 is 23.8 Å². The number of anilines is 1. The lowest BCUT2D eigenvalue weighted by Crippen LogP contribution is -2.20. The van der Waals surface area contributed by atoms with E-state index in [9.17, 15) is 9.59 Å². The Labute approximate surface area is 178 Å². The Morgan fingerprint density at radius 3 is 2.43 bits per heavy atom. The van der Waals surface area contributed by atoms with Gasteiger partial charge in [-0.15, -0.1) is 11.3 Å². The van der Waals surface area contributed by atoms with Gasteiger partial charge in [0.05, 0.1) is 19.9 Å². The van der Waals surface area contributed by atoms with Crippen LogP contribution in [0.15, 0.2) is 47.8 Å². The van der Waals surface area contributed by atoms with Crippen molar-refractivity contribution in [2.24, 2.45) is 0 Å². The van der Waals surface area contributed by atoms with Gasteiger partial charge in [0.1, 0.15) is 5.75 Å². The Balaban J connectivity index is 1.58. The van der Waals surface area contributed by atoms with Crippen LogP contribution in [-0.4, -0.2) is 37.5 Å². The van der Waals surface area contributed by atoms with Gasteiger partial charge in [0.25, 0.3) is 5.91 Å². The average molecular weight is 426 g/mol. The van der Waals surface area contributed by atoms with Crippen molar-refractivity contribution >= 4 is 28.2 Å². The lowest BCUT2D eigenvalue weighted by atomic mass is 10.1. The van der Waals surface area contributed by atoms with Crippen molar-refractivity contribution in [2.75, 3.05) is 26.1 Å². The van der Waals surface area contributed by atoms with Gasteiger partial charge in [0, 0.05) is 22.9 Å². The van der Waals surface area contributed by atoms with Crippen LogP contribution >= 0.6 is 11.3 Å². The Morgan fingerprint density at radius 1 is 1.03 bits per heavy atom. The lowest BCUT2D eigenvalue weighted by Gasteiger charge is -2.08. The molecule has 8 heteroatoms. The average Bonchev–Trinajstić information content (AvgIpc) is 3.25. The molecule has 0 saturated heterocycles. The molecule has 0 spiro atoms. The summed E-state index contributed by atoms with van der Waals surface area (Å²) >= 11 is 1.32. The monoisotopic (exact) mass is 426 g/mol. The Kier molecular flexibility index (Phi) is 7.03. The number of hydrogen-bond acceptors (Lipinski definition) is 7. The number of Topliss-reactive ketones (excluding diaryl/α,β-unsaturated/α-hetero) is 1. The van der Waals surface area contributed by atoms with Crippen LogP contribution in [0.25, 0.3) is 11.3 Å². The highest BCUT2D eigenvalue weighted by atomic mass is 32.1. The molecule has 2 aromatic carbocycles. The molecule has 0 saturated carbocycles. The van der Waals surface area contributed by atoms with Crippen LogP contribution in [-0.2, 0) is 4.79 Å². The molecule has 3 rings (SSSR count). The molecule has 156 valence electrons. The normalized spacial score (nSPS) is 10.4. The van der Waals surface area contributed by atoms with Crippen LogP contribution in [0, 0.1) is 0 Å². The standard InChI is InChI=1S/C22H22N2O5S/c1-4-18(25)14-5-8-16(9-6-14)29-12-21(26)24-22-23-17(13-30-22)15-7-10-19(27-2)20(11-15)28-3/h5-11,13H,4,12H2,1-3H3,(H,23,24,26). The van der Waals surface area contributed by atoms with E-state index >= 15 is 0 Å². The number of carbonyl (C=O) groups is 2. The topological polar surface area (TPSA) is 86.8 Å². The summed E-state index contributed by atoms with van der Waals surface area (Å²) in [5, 5.41) is 5.04. The first-order valence-corrected chi connectivity index (χ1v) is 10.2. The summed E-state index contributed by atoms with van der Waals surface area (Å²) in [6.07, 6.45) is 0.446. The van der Waals surface area contributed by atoms with E-state index in [1.807, 2.05) is 24.4 Å². The summed E-state index contributed by atoms with van der Waals surface area (Å²) < 4.78 is 16.0. The van der Waals surface area contributed by atoms with Gasteiger partial charge in [-0.05, 0) is 42.5 Å². The number of methoxy groups -OCH3 is 2. The number of ketones is 1. The number of nitrogens with one attached hydrogen (secondary N) is 1. The second-order valence-electron chi connectivity index (χ2n) is 6.25.